The number of hydrogen-bond acceptors (Lipinski definition) is 5. The van der Waals surface area contributed by atoms with Gasteiger partial charge in [0, 0.05) is 35.5 Å². The van der Waals surface area contributed by atoms with Crippen LogP contribution in [0.2, 0.25) is 0 Å². The number of ether oxygens (including phenoxy) is 1. The summed E-state index contributed by atoms with van der Waals surface area (Å²) < 4.78 is 6.63. The SMILES string of the molecule is NC=Nc1ccc2[nH]c3c(c2c1)C[C@@]1(O)[C@H]2Cc4ccc(O)c5c4[C@@]1(CCN2CC1CC1)[C@H]3O5. The van der Waals surface area contributed by atoms with Crippen molar-refractivity contribution in [2.45, 2.75) is 55.3 Å². The van der Waals surface area contributed by atoms with Crippen molar-refractivity contribution in [2.75, 3.05) is 13.1 Å². The van der Waals surface area contributed by atoms with Gasteiger partial charge in [-0.05, 0) is 73.5 Å². The number of aromatic nitrogens is 1. The molecule has 5 aliphatic rings. The second-order valence-corrected chi connectivity index (χ2v) is 11.0. The van der Waals surface area contributed by atoms with E-state index in [-0.39, 0.29) is 17.9 Å². The topological polar surface area (TPSA) is 107 Å². The van der Waals surface area contributed by atoms with Gasteiger partial charge in [-0.15, -0.1) is 0 Å². The van der Waals surface area contributed by atoms with Crippen LogP contribution in [0, 0.1) is 5.92 Å². The first-order chi connectivity index (χ1) is 16.5. The number of aliphatic imine (C=N–C) groups is 1. The Morgan fingerprint density at radius 2 is 2.15 bits per heavy atom. The number of rotatable bonds is 3. The standard InChI is InChI=1S/C27H28N4O3/c28-13-29-16-4-5-19-17(10-16)18-11-27(33)21-9-15-3-6-20(32)24-22(15)26(27,25(34-24)23(18)30-19)7-8-31(21)12-14-1-2-14/h3-6,10,13-14,21,25,30,32-33H,1-2,7-9,11-12H2,(H2,28,29)/t21-,25+,26+,27-/m1/s1. The molecular formula is C27H28N4O3. The molecule has 2 aromatic carbocycles. The minimum absolute atomic E-state index is 0.0271. The van der Waals surface area contributed by atoms with Crippen molar-refractivity contribution in [1.29, 1.82) is 0 Å². The summed E-state index contributed by atoms with van der Waals surface area (Å²) in [5.74, 6) is 1.49. The fourth-order valence-corrected chi connectivity index (χ4v) is 7.78. The van der Waals surface area contributed by atoms with Gasteiger partial charge in [0.25, 0.3) is 0 Å². The predicted octanol–water partition coefficient (Wildman–Crippen LogP) is 3.19. The third-order valence-corrected chi connectivity index (χ3v) is 9.37. The van der Waals surface area contributed by atoms with Crippen LogP contribution in [0.4, 0.5) is 5.69 Å². The normalized spacial score (nSPS) is 33.2. The van der Waals surface area contributed by atoms with Gasteiger partial charge >= 0.3 is 0 Å². The number of piperidine rings is 1. The number of nitrogens with two attached hydrogens (primary N) is 1. The van der Waals surface area contributed by atoms with Crippen LogP contribution in [-0.4, -0.2) is 51.2 Å². The number of benzene rings is 2. The van der Waals surface area contributed by atoms with E-state index in [4.69, 9.17) is 10.5 Å². The Kier molecular flexibility index (Phi) is 3.49. The molecule has 5 N–H and O–H groups in total. The average molecular weight is 457 g/mol. The molecule has 0 amide bonds. The molecule has 8 rings (SSSR count). The van der Waals surface area contributed by atoms with Gasteiger partial charge in [-0.3, -0.25) is 4.90 Å². The van der Waals surface area contributed by atoms with Gasteiger partial charge in [0.15, 0.2) is 17.6 Å². The van der Waals surface area contributed by atoms with Crippen LogP contribution in [0.3, 0.4) is 0 Å². The number of aromatic hydroxyl groups is 1. The molecule has 0 unspecified atom stereocenters. The van der Waals surface area contributed by atoms with E-state index >= 15 is 0 Å². The molecule has 1 saturated heterocycles. The zero-order valence-electron chi connectivity index (χ0n) is 18.9. The van der Waals surface area contributed by atoms with Crippen molar-refractivity contribution in [3.8, 4) is 11.5 Å². The highest BCUT2D eigenvalue weighted by atomic mass is 16.5. The lowest BCUT2D eigenvalue weighted by Crippen LogP contribution is -2.74. The third kappa shape index (κ3) is 2.14. The van der Waals surface area contributed by atoms with Gasteiger partial charge in [0.1, 0.15) is 0 Å². The molecule has 1 spiro atoms. The Morgan fingerprint density at radius 1 is 1.26 bits per heavy atom. The highest BCUT2D eigenvalue weighted by molar-refractivity contribution is 5.89. The maximum absolute atomic E-state index is 12.8. The van der Waals surface area contributed by atoms with E-state index in [1.165, 1.54) is 24.7 Å². The molecule has 1 saturated carbocycles. The van der Waals surface area contributed by atoms with Gasteiger partial charge in [-0.2, -0.15) is 0 Å². The molecule has 7 nitrogen and oxygen atoms in total. The first-order valence-corrected chi connectivity index (χ1v) is 12.4. The van der Waals surface area contributed by atoms with Gasteiger partial charge in [-0.1, -0.05) is 6.07 Å². The van der Waals surface area contributed by atoms with Gasteiger partial charge in [-0.25, -0.2) is 4.99 Å². The number of likely N-dealkylation sites (tertiary alicyclic amines) is 1. The number of aromatic amines is 1. The number of phenols is 1. The van der Waals surface area contributed by atoms with Crippen LogP contribution in [-0.2, 0) is 18.3 Å². The van der Waals surface area contributed by atoms with Crippen molar-refractivity contribution in [3.63, 3.8) is 0 Å². The van der Waals surface area contributed by atoms with Crippen LogP contribution in [0.5, 0.6) is 11.5 Å². The molecule has 2 fully saturated rings. The Labute approximate surface area is 197 Å². The summed E-state index contributed by atoms with van der Waals surface area (Å²) in [6, 6.07) is 9.85. The van der Waals surface area contributed by atoms with Crippen LogP contribution in [0.15, 0.2) is 35.3 Å². The first-order valence-electron chi connectivity index (χ1n) is 12.4. The Hall–Kier alpha value is -3.03. The van der Waals surface area contributed by atoms with E-state index in [0.29, 0.717) is 12.2 Å². The maximum Gasteiger partial charge on any atom is 0.166 e. The van der Waals surface area contributed by atoms with E-state index in [9.17, 15) is 10.2 Å². The van der Waals surface area contributed by atoms with Gasteiger partial charge < -0.3 is 25.7 Å². The summed E-state index contributed by atoms with van der Waals surface area (Å²) in [5, 5.41) is 24.7. The number of H-pyrrole nitrogens is 1. The van der Waals surface area contributed by atoms with Crippen LogP contribution >= 0.6 is 0 Å². The monoisotopic (exact) mass is 456 g/mol. The maximum atomic E-state index is 12.8. The lowest BCUT2D eigenvalue weighted by atomic mass is 9.49. The molecule has 2 aliphatic heterocycles. The average Bonchev–Trinajstić information content (AvgIpc) is 3.46. The number of aliphatic hydroxyl groups is 1. The van der Waals surface area contributed by atoms with E-state index in [1.807, 2.05) is 24.3 Å². The van der Waals surface area contributed by atoms with Crippen molar-refractivity contribution < 1.29 is 14.9 Å². The molecule has 7 heteroatoms. The molecule has 3 aromatic rings. The van der Waals surface area contributed by atoms with Crippen molar-refractivity contribution >= 4 is 22.9 Å². The lowest BCUT2D eigenvalue weighted by Gasteiger charge is -2.62. The Balaban J connectivity index is 1.39. The minimum atomic E-state index is -0.980. The molecule has 0 radical (unpaired) electrons. The predicted molar refractivity (Wildman–Crippen MR) is 129 cm³/mol. The second kappa shape index (κ2) is 6.15. The first kappa shape index (κ1) is 19.3. The van der Waals surface area contributed by atoms with Crippen molar-refractivity contribution in [3.05, 3.63) is 52.7 Å². The minimum Gasteiger partial charge on any atom is -0.504 e. The Bertz CT molecular complexity index is 1410. The zero-order chi connectivity index (χ0) is 22.8. The van der Waals surface area contributed by atoms with Gasteiger partial charge in [0.05, 0.1) is 28.7 Å². The molecule has 34 heavy (non-hydrogen) atoms. The molecule has 174 valence electrons. The van der Waals surface area contributed by atoms with Crippen LogP contribution in [0.1, 0.15) is 47.8 Å². The molecule has 4 atom stereocenters. The molecule has 3 aliphatic carbocycles. The van der Waals surface area contributed by atoms with E-state index in [2.05, 4.69) is 14.9 Å². The van der Waals surface area contributed by atoms with Gasteiger partial charge in [0.2, 0.25) is 0 Å². The summed E-state index contributed by atoms with van der Waals surface area (Å²) in [7, 11) is 0. The number of nitrogens with one attached hydrogen (secondary N) is 1. The van der Waals surface area contributed by atoms with E-state index in [0.717, 1.165) is 65.3 Å². The highest BCUT2D eigenvalue weighted by Crippen LogP contribution is 2.69. The van der Waals surface area contributed by atoms with Crippen LogP contribution in [0.25, 0.3) is 10.9 Å². The third-order valence-electron chi connectivity index (χ3n) is 9.37. The fraction of sp³-hybridized carbons (Fsp3) is 0.444. The number of nitrogens with zero attached hydrogens (tertiary/aromatic N) is 2. The smallest absolute Gasteiger partial charge is 0.166 e. The Morgan fingerprint density at radius 3 is 2.97 bits per heavy atom. The van der Waals surface area contributed by atoms with E-state index in [1.54, 1.807) is 6.07 Å². The van der Waals surface area contributed by atoms with Crippen molar-refractivity contribution in [2.24, 2.45) is 16.6 Å². The summed E-state index contributed by atoms with van der Waals surface area (Å²) in [6.07, 6.45) is 5.70. The summed E-state index contributed by atoms with van der Waals surface area (Å²) in [4.78, 5) is 10.5. The summed E-state index contributed by atoms with van der Waals surface area (Å²) >= 11 is 0. The second-order valence-electron chi connectivity index (χ2n) is 11.0. The number of hydrogen-bond donors (Lipinski definition) is 4. The zero-order valence-corrected chi connectivity index (χ0v) is 18.9. The van der Waals surface area contributed by atoms with Crippen molar-refractivity contribution in [1.82, 2.24) is 9.88 Å². The molecule has 2 bridgehead atoms. The van der Waals surface area contributed by atoms with Crippen LogP contribution < -0.4 is 10.5 Å². The summed E-state index contributed by atoms with van der Waals surface area (Å²) in [5.41, 5.74) is 10.2. The van der Waals surface area contributed by atoms with E-state index < -0.39 is 11.0 Å². The fourth-order valence-electron chi connectivity index (χ4n) is 7.78. The highest BCUT2D eigenvalue weighted by Gasteiger charge is 2.72. The summed E-state index contributed by atoms with van der Waals surface area (Å²) in [6.45, 7) is 2.01. The molecular weight excluding hydrogens is 428 g/mol. The largest absolute Gasteiger partial charge is 0.504 e. The number of phenolic OH excluding ortho intramolecular Hbond substituents is 1. The number of fused-ring (bicyclic) bond motifs is 4. The molecule has 3 heterocycles. The molecule has 1 aromatic heterocycles. The quantitative estimate of drug-likeness (QED) is 0.358. The lowest BCUT2D eigenvalue weighted by molar-refractivity contribution is -0.173.